The first-order valence-corrected chi connectivity index (χ1v) is 6.73. The van der Waals surface area contributed by atoms with E-state index in [1.165, 1.54) is 0 Å². The average Bonchev–Trinajstić information content (AvgIpc) is 2.85. The highest BCUT2D eigenvalue weighted by molar-refractivity contribution is 7.15. The molecule has 4 nitrogen and oxygen atoms in total. The molecule has 0 saturated carbocycles. The van der Waals surface area contributed by atoms with Gasteiger partial charge in [-0.2, -0.15) is 4.98 Å². The Balaban J connectivity index is 2.18. The van der Waals surface area contributed by atoms with Crippen molar-refractivity contribution in [1.29, 1.82) is 0 Å². The lowest BCUT2D eigenvalue weighted by Gasteiger charge is -2.17. The molecule has 1 atom stereocenters. The lowest BCUT2D eigenvalue weighted by molar-refractivity contribution is 0.382. The van der Waals surface area contributed by atoms with Crippen molar-refractivity contribution in [3.63, 3.8) is 0 Å². The molecule has 94 valence electrons. The van der Waals surface area contributed by atoms with Crippen molar-refractivity contribution in [3.8, 4) is 5.88 Å². The molecule has 2 aromatic heterocycles. The maximum absolute atomic E-state index is 5.32. The summed E-state index contributed by atoms with van der Waals surface area (Å²) in [7, 11) is 1.67. The minimum atomic E-state index is 0.476. The van der Waals surface area contributed by atoms with E-state index in [1.54, 1.807) is 18.4 Å². The molecule has 0 aromatic carbocycles. The summed E-state index contributed by atoms with van der Waals surface area (Å²) in [5.74, 6) is 1.34. The average molecular weight is 253 g/mol. The molecule has 0 aliphatic carbocycles. The number of thiazole rings is 1. The van der Waals surface area contributed by atoms with Gasteiger partial charge in [-0.25, -0.2) is 0 Å². The van der Waals surface area contributed by atoms with Gasteiger partial charge in [-0.05, 0) is 12.8 Å². The second kappa shape index (κ2) is 5.06. The first-order chi connectivity index (χ1) is 8.13. The lowest BCUT2D eigenvalue weighted by atomic mass is 10.1. The molecule has 17 heavy (non-hydrogen) atoms. The van der Waals surface area contributed by atoms with E-state index in [1.807, 2.05) is 11.6 Å². The van der Waals surface area contributed by atoms with Crippen LogP contribution in [0.15, 0.2) is 11.6 Å². The van der Waals surface area contributed by atoms with Gasteiger partial charge in [-0.1, -0.05) is 13.8 Å². The molecule has 2 heterocycles. The van der Waals surface area contributed by atoms with Gasteiger partial charge in [0.1, 0.15) is 5.69 Å². The predicted octanol–water partition coefficient (Wildman–Crippen LogP) is 2.54. The van der Waals surface area contributed by atoms with E-state index in [0.29, 0.717) is 12.0 Å². The predicted molar refractivity (Wildman–Crippen MR) is 70.8 cm³/mol. The summed E-state index contributed by atoms with van der Waals surface area (Å²) in [6.07, 6.45) is 2.03. The monoisotopic (exact) mass is 253 g/mol. The van der Waals surface area contributed by atoms with Crippen LogP contribution < -0.4 is 10.1 Å². The van der Waals surface area contributed by atoms with Crippen LogP contribution in [0.25, 0.3) is 4.96 Å². The van der Waals surface area contributed by atoms with Crippen LogP contribution in [-0.4, -0.2) is 22.5 Å². The van der Waals surface area contributed by atoms with Gasteiger partial charge in [0.15, 0.2) is 4.96 Å². The van der Waals surface area contributed by atoms with Gasteiger partial charge in [-0.3, -0.25) is 4.40 Å². The number of methoxy groups -OCH3 is 1. The highest BCUT2D eigenvalue weighted by Gasteiger charge is 2.15. The number of hydrogen-bond donors (Lipinski definition) is 1. The summed E-state index contributed by atoms with van der Waals surface area (Å²) in [5, 5.41) is 5.54. The fourth-order valence-corrected chi connectivity index (χ4v) is 2.35. The second-order valence-corrected chi connectivity index (χ2v) is 5.41. The van der Waals surface area contributed by atoms with Crippen LogP contribution in [0.5, 0.6) is 5.88 Å². The zero-order valence-corrected chi connectivity index (χ0v) is 11.5. The Morgan fingerprint density at radius 1 is 1.47 bits per heavy atom. The van der Waals surface area contributed by atoms with Gasteiger partial charge in [-0.15, -0.1) is 11.3 Å². The number of imidazole rings is 1. The molecule has 2 aromatic rings. The van der Waals surface area contributed by atoms with Gasteiger partial charge >= 0.3 is 0 Å². The highest BCUT2D eigenvalue weighted by Crippen LogP contribution is 2.23. The molecule has 0 aliphatic rings. The van der Waals surface area contributed by atoms with Crippen molar-refractivity contribution in [3.05, 3.63) is 17.3 Å². The fourth-order valence-electron chi connectivity index (χ4n) is 1.63. The maximum Gasteiger partial charge on any atom is 0.237 e. The maximum atomic E-state index is 5.32. The van der Waals surface area contributed by atoms with Gasteiger partial charge in [0, 0.05) is 24.2 Å². The molecule has 0 radical (unpaired) electrons. The third kappa shape index (κ3) is 2.45. The Bertz CT molecular complexity index is 489. The van der Waals surface area contributed by atoms with Crippen LogP contribution in [0, 0.1) is 5.92 Å². The first kappa shape index (κ1) is 12.4. The van der Waals surface area contributed by atoms with Crippen molar-refractivity contribution in [2.75, 3.05) is 7.11 Å². The molecular weight excluding hydrogens is 234 g/mol. The van der Waals surface area contributed by atoms with E-state index in [9.17, 15) is 0 Å². The van der Waals surface area contributed by atoms with E-state index in [-0.39, 0.29) is 0 Å². The van der Waals surface area contributed by atoms with Crippen molar-refractivity contribution in [2.24, 2.45) is 5.92 Å². The number of aromatic nitrogens is 2. The lowest BCUT2D eigenvalue weighted by Crippen LogP contribution is -2.30. The summed E-state index contributed by atoms with van der Waals surface area (Å²) in [6.45, 7) is 7.40. The number of nitrogens with zero attached hydrogens (tertiary/aromatic N) is 2. The van der Waals surface area contributed by atoms with Crippen molar-refractivity contribution < 1.29 is 4.74 Å². The van der Waals surface area contributed by atoms with Crippen molar-refractivity contribution in [1.82, 2.24) is 14.7 Å². The Labute approximate surface area is 106 Å². The number of hydrogen-bond acceptors (Lipinski definition) is 4. The topological polar surface area (TPSA) is 38.6 Å². The normalized spacial score (nSPS) is 13.5. The molecule has 0 bridgehead atoms. The minimum Gasteiger partial charge on any atom is -0.480 e. The molecule has 2 rings (SSSR count). The molecule has 0 aliphatic heterocycles. The van der Waals surface area contributed by atoms with Gasteiger partial charge < -0.3 is 10.1 Å². The van der Waals surface area contributed by atoms with Crippen LogP contribution >= 0.6 is 11.3 Å². The minimum absolute atomic E-state index is 0.476. The third-order valence-electron chi connectivity index (χ3n) is 3.11. The Hall–Kier alpha value is -1.07. The Morgan fingerprint density at radius 3 is 2.88 bits per heavy atom. The zero-order chi connectivity index (χ0) is 12.4. The van der Waals surface area contributed by atoms with Crippen LogP contribution in [0.3, 0.4) is 0 Å². The Kier molecular flexibility index (Phi) is 3.69. The van der Waals surface area contributed by atoms with Gasteiger partial charge in [0.05, 0.1) is 7.11 Å². The van der Waals surface area contributed by atoms with E-state index < -0.39 is 0 Å². The number of fused-ring (bicyclic) bond motifs is 1. The Morgan fingerprint density at radius 2 is 2.24 bits per heavy atom. The largest absolute Gasteiger partial charge is 0.480 e. The second-order valence-electron chi connectivity index (χ2n) is 4.54. The molecule has 0 spiro atoms. The van der Waals surface area contributed by atoms with Crippen molar-refractivity contribution >= 4 is 16.3 Å². The fraction of sp³-hybridized carbons (Fsp3) is 0.583. The standard InChI is InChI=1S/C12H19N3OS/c1-8(2)9(3)13-7-10-11(16-4)14-12-15(10)5-6-17-12/h5-6,8-9,13H,7H2,1-4H3. The summed E-state index contributed by atoms with van der Waals surface area (Å²) >= 11 is 1.62. The third-order valence-corrected chi connectivity index (χ3v) is 3.87. The molecular formula is C12H19N3OS. The van der Waals surface area contributed by atoms with E-state index in [4.69, 9.17) is 4.74 Å². The van der Waals surface area contributed by atoms with E-state index in [0.717, 1.165) is 23.1 Å². The summed E-state index contributed by atoms with van der Waals surface area (Å²) in [5.41, 5.74) is 1.09. The smallest absolute Gasteiger partial charge is 0.237 e. The first-order valence-electron chi connectivity index (χ1n) is 5.85. The van der Waals surface area contributed by atoms with Gasteiger partial charge in [0.2, 0.25) is 5.88 Å². The number of rotatable bonds is 5. The summed E-state index contributed by atoms with van der Waals surface area (Å²) < 4.78 is 7.40. The van der Waals surface area contributed by atoms with E-state index in [2.05, 4.69) is 35.5 Å². The molecule has 0 amide bonds. The summed E-state index contributed by atoms with van der Waals surface area (Å²) in [6, 6.07) is 0.476. The summed E-state index contributed by atoms with van der Waals surface area (Å²) in [4.78, 5) is 5.42. The zero-order valence-electron chi connectivity index (χ0n) is 10.7. The van der Waals surface area contributed by atoms with Crippen LogP contribution in [0.2, 0.25) is 0 Å². The molecule has 0 fully saturated rings. The highest BCUT2D eigenvalue weighted by atomic mass is 32.1. The van der Waals surface area contributed by atoms with E-state index >= 15 is 0 Å². The van der Waals surface area contributed by atoms with Crippen LogP contribution in [0.1, 0.15) is 26.5 Å². The van der Waals surface area contributed by atoms with Crippen LogP contribution in [-0.2, 0) is 6.54 Å². The molecule has 1 unspecified atom stereocenters. The molecule has 1 N–H and O–H groups in total. The van der Waals surface area contributed by atoms with Crippen molar-refractivity contribution in [2.45, 2.75) is 33.4 Å². The SMILES string of the molecule is COc1nc2sccn2c1CNC(C)C(C)C. The van der Waals surface area contributed by atoms with Crippen LogP contribution in [0.4, 0.5) is 0 Å². The van der Waals surface area contributed by atoms with Gasteiger partial charge in [0.25, 0.3) is 0 Å². The number of nitrogens with one attached hydrogen (secondary N) is 1. The molecule has 5 heteroatoms. The number of ether oxygens (including phenoxy) is 1. The quantitative estimate of drug-likeness (QED) is 0.890. The molecule has 0 saturated heterocycles.